The van der Waals surface area contributed by atoms with Gasteiger partial charge in [-0.25, -0.2) is 0 Å². The van der Waals surface area contributed by atoms with Crippen molar-refractivity contribution in [1.29, 1.82) is 0 Å². The zero-order valence-electron chi connectivity index (χ0n) is 15.6. The van der Waals surface area contributed by atoms with Crippen LogP contribution in [0.4, 0.5) is 0 Å². The maximum Gasteiger partial charge on any atom is 0.246 e. The molecule has 0 radical (unpaired) electrons. The van der Waals surface area contributed by atoms with Crippen molar-refractivity contribution >= 4 is 33.4 Å². The highest BCUT2D eigenvalue weighted by molar-refractivity contribution is 6.31. The molecule has 5 aromatic rings. The lowest BCUT2D eigenvalue weighted by Crippen LogP contribution is -2.12. The van der Waals surface area contributed by atoms with Crippen LogP contribution in [0.25, 0.3) is 33.2 Å². The maximum absolute atomic E-state index is 12.9. The van der Waals surface area contributed by atoms with Gasteiger partial charge in [0.15, 0.2) is 5.43 Å². The largest absolute Gasteiger partial charge is 0.337 e. The minimum atomic E-state index is -0.0415. The van der Waals surface area contributed by atoms with Gasteiger partial charge in [0, 0.05) is 21.4 Å². The Morgan fingerprint density at radius 2 is 1.72 bits per heavy atom. The summed E-state index contributed by atoms with van der Waals surface area (Å²) in [4.78, 5) is 17.5. The van der Waals surface area contributed by atoms with Gasteiger partial charge in [0.2, 0.25) is 11.7 Å². The second-order valence-electron chi connectivity index (χ2n) is 6.97. The van der Waals surface area contributed by atoms with Crippen molar-refractivity contribution in [3.8, 4) is 11.4 Å². The Morgan fingerprint density at radius 3 is 2.55 bits per heavy atom. The molecule has 0 bridgehead atoms. The highest BCUT2D eigenvalue weighted by Crippen LogP contribution is 2.24. The van der Waals surface area contributed by atoms with E-state index in [2.05, 4.69) is 10.1 Å². The summed E-state index contributed by atoms with van der Waals surface area (Å²) in [6.07, 6.45) is 0. The minimum absolute atomic E-state index is 0.0415. The molecular weight excluding hydrogens is 386 g/mol. The van der Waals surface area contributed by atoms with Crippen LogP contribution in [0.1, 0.15) is 11.5 Å². The van der Waals surface area contributed by atoms with Crippen molar-refractivity contribution in [2.24, 2.45) is 0 Å². The number of benzene rings is 3. The third-order valence-corrected chi connectivity index (χ3v) is 5.24. The molecule has 2 heterocycles. The predicted molar refractivity (Wildman–Crippen MR) is 114 cm³/mol. The first-order chi connectivity index (χ1) is 14.1. The quantitative estimate of drug-likeness (QED) is 0.389. The number of fused-ring (bicyclic) bond motifs is 2. The van der Waals surface area contributed by atoms with Crippen molar-refractivity contribution in [2.75, 3.05) is 0 Å². The number of nitrogens with zero attached hydrogens (tertiary/aromatic N) is 3. The van der Waals surface area contributed by atoms with Crippen molar-refractivity contribution in [3.63, 3.8) is 0 Å². The van der Waals surface area contributed by atoms with Gasteiger partial charge in [0.25, 0.3) is 0 Å². The molecule has 0 fully saturated rings. The number of hydrogen-bond acceptors (Lipinski definition) is 4. The molecule has 3 aromatic carbocycles. The molecule has 0 spiro atoms. The summed E-state index contributed by atoms with van der Waals surface area (Å²) < 4.78 is 7.53. The molecule has 5 rings (SSSR count). The van der Waals surface area contributed by atoms with Crippen LogP contribution in [0.15, 0.2) is 76.0 Å². The minimum Gasteiger partial charge on any atom is -0.337 e. The predicted octanol–water partition coefficient (Wildman–Crippen LogP) is 5.21. The normalized spacial score (nSPS) is 11.4. The lowest BCUT2D eigenvalue weighted by molar-refractivity contribution is 0.374. The summed E-state index contributed by atoms with van der Waals surface area (Å²) in [6, 6.07) is 20.8. The Labute approximate surface area is 171 Å². The van der Waals surface area contributed by atoms with Gasteiger partial charge in [-0.2, -0.15) is 4.98 Å². The van der Waals surface area contributed by atoms with Gasteiger partial charge in [0.1, 0.15) is 6.54 Å². The fourth-order valence-electron chi connectivity index (χ4n) is 3.55. The Kier molecular flexibility index (Phi) is 4.18. The van der Waals surface area contributed by atoms with E-state index in [-0.39, 0.29) is 5.43 Å². The van der Waals surface area contributed by atoms with Crippen molar-refractivity contribution in [2.45, 2.75) is 13.5 Å². The van der Waals surface area contributed by atoms with Crippen LogP contribution in [0, 0.1) is 6.92 Å². The number of pyridine rings is 1. The molecule has 5 nitrogen and oxygen atoms in total. The van der Waals surface area contributed by atoms with Crippen LogP contribution < -0.4 is 5.43 Å². The number of hydrogen-bond donors (Lipinski definition) is 0. The average Bonchev–Trinajstić information content (AvgIpc) is 3.20. The molecule has 0 aliphatic rings. The SMILES string of the molecule is Cc1ccc(-c2noc(Cn3c4ccccc4c(=O)c4cc(Cl)ccc43)n2)cc1. The molecule has 0 unspecified atom stereocenters. The first-order valence-electron chi connectivity index (χ1n) is 9.20. The molecule has 2 aromatic heterocycles. The summed E-state index contributed by atoms with van der Waals surface area (Å²) >= 11 is 6.15. The van der Waals surface area contributed by atoms with Crippen LogP contribution in [-0.2, 0) is 6.54 Å². The Morgan fingerprint density at radius 1 is 0.966 bits per heavy atom. The summed E-state index contributed by atoms with van der Waals surface area (Å²) in [5.74, 6) is 1.00. The maximum atomic E-state index is 12.9. The fraction of sp³-hybridized carbons (Fsp3) is 0.0870. The summed E-state index contributed by atoms with van der Waals surface area (Å²) in [7, 11) is 0. The van der Waals surface area contributed by atoms with E-state index in [0.29, 0.717) is 34.1 Å². The number of aromatic nitrogens is 3. The topological polar surface area (TPSA) is 60.9 Å². The van der Waals surface area contributed by atoms with Crippen molar-refractivity contribution < 1.29 is 4.52 Å². The molecule has 0 aliphatic heterocycles. The monoisotopic (exact) mass is 401 g/mol. The van der Waals surface area contributed by atoms with E-state index in [1.54, 1.807) is 12.1 Å². The molecule has 0 atom stereocenters. The molecule has 0 saturated carbocycles. The Hall–Kier alpha value is -3.44. The molecule has 142 valence electrons. The lowest BCUT2D eigenvalue weighted by atomic mass is 10.1. The highest BCUT2D eigenvalue weighted by atomic mass is 35.5. The summed E-state index contributed by atoms with van der Waals surface area (Å²) in [5, 5.41) is 5.84. The van der Waals surface area contributed by atoms with E-state index in [9.17, 15) is 4.79 Å². The van der Waals surface area contributed by atoms with Gasteiger partial charge in [-0.05, 0) is 37.3 Å². The Bertz CT molecular complexity index is 1420. The van der Waals surface area contributed by atoms with Crippen LogP contribution in [0.5, 0.6) is 0 Å². The second-order valence-corrected chi connectivity index (χ2v) is 7.41. The van der Waals surface area contributed by atoms with Crippen LogP contribution in [-0.4, -0.2) is 14.7 Å². The molecule has 29 heavy (non-hydrogen) atoms. The third-order valence-electron chi connectivity index (χ3n) is 5.00. The van der Waals surface area contributed by atoms with Crippen LogP contribution >= 0.6 is 11.6 Å². The van der Waals surface area contributed by atoms with E-state index in [1.165, 1.54) is 5.56 Å². The Balaban J connectivity index is 1.66. The molecule has 0 saturated heterocycles. The molecule has 0 amide bonds. The van der Waals surface area contributed by atoms with Crippen molar-refractivity contribution in [1.82, 2.24) is 14.7 Å². The first-order valence-corrected chi connectivity index (χ1v) is 9.58. The third kappa shape index (κ3) is 3.09. The zero-order chi connectivity index (χ0) is 20.0. The fourth-order valence-corrected chi connectivity index (χ4v) is 3.72. The number of rotatable bonds is 3. The van der Waals surface area contributed by atoms with Crippen LogP contribution in [0.3, 0.4) is 0 Å². The number of aryl methyl sites for hydroxylation is 1. The van der Waals surface area contributed by atoms with Crippen LogP contribution in [0.2, 0.25) is 5.02 Å². The smallest absolute Gasteiger partial charge is 0.246 e. The zero-order valence-corrected chi connectivity index (χ0v) is 16.3. The lowest BCUT2D eigenvalue weighted by Gasteiger charge is -2.13. The molecule has 6 heteroatoms. The highest BCUT2D eigenvalue weighted by Gasteiger charge is 2.15. The van der Waals surface area contributed by atoms with Crippen molar-refractivity contribution in [3.05, 3.63) is 93.4 Å². The number of halogens is 1. The first kappa shape index (κ1) is 17.6. The standard InChI is InChI=1S/C23H16ClN3O2/c1-14-6-8-15(9-7-14)23-25-21(29-26-23)13-27-19-5-3-2-4-17(19)22(28)18-12-16(24)10-11-20(18)27/h2-12H,13H2,1H3. The van der Waals surface area contributed by atoms with Gasteiger partial charge in [-0.15, -0.1) is 0 Å². The average molecular weight is 402 g/mol. The summed E-state index contributed by atoms with van der Waals surface area (Å²) in [5.41, 5.74) is 3.60. The molecule has 0 N–H and O–H groups in total. The van der Waals surface area contributed by atoms with E-state index in [1.807, 2.05) is 66.1 Å². The van der Waals surface area contributed by atoms with E-state index in [4.69, 9.17) is 16.1 Å². The van der Waals surface area contributed by atoms with Gasteiger partial charge in [-0.1, -0.05) is 58.7 Å². The second kappa shape index (κ2) is 6.87. The van der Waals surface area contributed by atoms with E-state index in [0.717, 1.165) is 16.6 Å². The van der Waals surface area contributed by atoms with E-state index >= 15 is 0 Å². The number of para-hydroxylation sites is 1. The van der Waals surface area contributed by atoms with Gasteiger partial charge in [0.05, 0.1) is 11.0 Å². The van der Waals surface area contributed by atoms with Gasteiger partial charge in [-0.3, -0.25) is 4.79 Å². The van der Waals surface area contributed by atoms with Gasteiger partial charge < -0.3 is 9.09 Å². The molecular formula is C23H16ClN3O2. The molecule has 0 aliphatic carbocycles. The van der Waals surface area contributed by atoms with E-state index < -0.39 is 0 Å². The van der Waals surface area contributed by atoms with Gasteiger partial charge >= 0.3 is 0 Å². The summed E-state index contributed by atoms with van der Waals surface area (Å²) in [6.45, 7) is 2.38.